The number of rotatable bonds is 6. The average Bonchev–Trinajstić information content (AvgIpc) is 2.57. The first-order valence-corrected chi connectivity index (χ1v) is 9.33. The number of nitrogens with one attached hydrogen (secondary N) is 2. The fourth-order valence-corrected chi connectivity index (χ4v) is 3.41. The lowest BCUT2D eigenvalue weighted by Crippen LogP contribution is -2.35. The van der Waals surface area contributed by atoms with Crippen molar-refractivity contribution in [3.63, 3.8) is 0 Å². The first-order chi connectivity index (χ1) is 12.2. The van der Waals surface area contributed by atoms with E-state index in [0.29, 0.717) is 11.4 Å². The fourth-order valence-electron chi connectivity index (χ4n) is 2.28. The molecule has 0 unspecified atom stereocenters. The Morgan fingerprint density at radius 3 is 2.19 bits per heavy atom. The van der Waals surface area contributed by atoms with Gasteiger partial charge in [0.2, 0.25) is 21.8 Å². The zero-order valence-electron chi connectivity index (χ0n) is 14.8. The van der Waals surface area contributed by atoms with Crippen LogP contribution in [0, 0.1) is 6.92 Å². The molecule has 26 heavy (non-hydrogen) atoms. The maximum Gasteiger partial charge on any atom is 0.243 e. The topological polar surface area (TPSA) is 95.6 Å². The van der Waals surface area contributed by atoms with E-state index in [1.165, 1.54) is 38.2 Å². The lowest BCUT2D eigenvalue weighted by molar-refractivity contribution is -0.116. The number of amides is 2. The highest BCUT2D eigenvalue weighted by molar-refractivity contribution is 7.89. The fraction of sp³-hybridized carbons (Fsp3) is 0.222. The van der Waals surface area contributed by atoms with Crippen molar-refractivity contribution in [2.75, 3.05) is 24.2 Å². The van der Waals surface area contributed by atoms with Crippen LogP contribution in [0.15, 0.2) is 53.4 Å². The van der Waals surface area contributed by atoms with Gasteiger partial charge in [0, 0.05) is 25.3 Å². The number of sulfonamides is 1. The molecule has 0 aliphatic rings. The van der Waals surface area contributed by atoms with Crippen molar-refractivity contribution < 1.29 is 18.0 Å². The molecule has 7 nitrogen and oxygen atoms in total. The monoisotopic (exact) mass is 375 g/mol. The zero-order valence-corrected chi connectivity index (χ0v) is 15.6. The standard InChI is InChI=1S/C18H21N3O4S/c1-13-6-4-5-7-17(13)20-18(23)12-21(3)26(24,25)16-10-8-15(9-11-16)19-14(2)22/h4-11H,12H2,1-3H3,(H,19,22)(H,20,23). The van der Waals surface area contributed by atoms with Gasteiger partial charge < -0.3 is 10.6 Å². The third-order valence-corrected chi connectivity index (χ3v) is 5.49. The molecular formula is C18H21N3O4S. The Morgan fingerprint density at radius 1 is 1.00 bits per heavy atom. The molecule has 0 spiro atoms. The van der Waals surface area contributed by atoms with Gasteiger partial charge in [0.15, 0.2) is 0 Å². The minimum absolute atomic E-state index is 0.0396. The molecule has 0 aromatic heterocycles. The summed E-state index contributed by atoms with van der Waals surface area (Å²) in [7, 11) is -2.48. The van der Waals surface area contributed by atoms with Crippen molar-refractivity contribution in [2.24, 2.45) is 0 Å². The second-order valence-electron chi connectivity index (χ2n) is 5.83. The molecule has 2 aromatic carbocycles. The van der Waals surface area contributed by atoms with Gasteiger partial charge in [0.25, 0.3) is 0 Å². The van der Waals surface area contributed by atoms with Crippen LogP contribution in [0.5, 0.6) is 0 Å². The van der Waals surface area contributed by atoms with Gasteiger partial charge in [-0.2, -0.15) is 4.31 Å². The van der Waals surface area contributed by atoms with Crippen LogP contribution in [0.2, 0.25) is 0 Å². The van der Waals surface area contributed by atoms with Crippen LogP contribution in [-0.2, 0) is 19.6 Å². The molecule has 2 amide bonds. The number of aryl methyl sites for hydroxylation is 1. The van der Waals surface area contributed by atoms with E-state index in [2.05, 4.69) is 10.6 Å². The van der Waals surface area contributed by atoms with Crippen LogP contribution in [-0.4, -0.2) is 38.1 Å². The van der Waals surface area contributed by atoms with Crippen LogP contribution in [0.25, 0.3) is 0 Å². The predicted molar refractivity (Wildman–Crippen MR) is 100 cm³/mol. The van der Waals surface area contributed by atoms with Crippen molar-refractivity contribution in [1.82, 2.24) is 4.31 Å². The maximum atomic E-state index is 12.6. The molecule has 0 fully saturated rings. The number of hydrogen-bond acceptors (Lipinski definition) is 4. The summed E-state index contributed by atoms with van der Waals surface area (Å²) in [6, 6.07) is 13.0. The minimum atomic E-state index is -3.82. The van der Waals surface area contributed by atoms with E-state index in [0.717, 1.165) is 9.87 Å². The normalized spacial score (nSPS) is 11.2. The number of anilines is 2. The molecule has 138 valence electrons. The van der Waals surface area contributed by atoms with E-state index in [9.17, 15) is 18.0 Å². The summed E-state index contributed by atoms with van der Waals surface area (Å²) in [5.74, 6) is -0.675. The molecule has 2 rings (SSSR count). The summed E-state index contributed by atoms with van der Waals surface area (Å²) in [6.07, 6.45) is 0. The molecule has 0 heterocycles. The van der Waals surface area contributed by atoms with Gasteiger partial charge >= 0.3 is 0 Å². The third kappa shape index (κ3) is 4.90. The van der Waals surface area contributed by atoms with Gasteiger partial charge in [-0.3, -0.25) is 9.59 Å². The lowest BCUT2D eigenvalue weighted by Gasteiger charge is -2.17. The van der Waals surface area contributed by atoms with Crippen molar-refractivity contribution in [1.29, 1.82) is 0 Å². The predicted octanol–water partition coefficient (Wildman–Crippen LogP) is 2.21. The second-order valence-corrected chi connectivity index (χ2v) is 7.87. The molecule has 0 aliphatic heterocycles. The Balaban J connectivity index is 2.07. The third-order valence-electron chi connectivity index (χ3n) is 3.67. The number of nitrogens with zero attached hydrogens (tertiary/aromatic N) is 1. The van der Waals surface area contributed by atoms with E-state index in [-0.39, 0.29) is 17.3 Å². The van der Waals surface area contributed by atoms with Crippen LogP contribution >= 0.6 is 0 Å². The summed E-state index contributed by atoms with van der Waals surface area (Å²) < 4.78 is 26.1. The summed E-state index contributed by atoms with van der Waals surface area (Å²) in [6.45, 7) is 2.91. The number of carbonyl (C=O) groups is 2. The van der Waals surface area contributed by atoms with Gasteiger partial charge in [0.05, 0.1) is 11.4 Å². The highest BCUT2D eigenvalue weighted by Gasteiger charge is 2.23. The lowest BCUT2D eigenvalue weighted by atomic mass is 10.2. The van der Waals surface area contributed by atoms with Crippen molar-refractivity contribution in [3.05, 3.63) is 54.1 Å². The number of benzene rings is 2. The van der Waals surface area contributed by atoms with Gasteiger partial charge in [0.1, 0.15) is 0 Å². The molecule has 0 saturated heterocycles. The van der Waals surface area contributed by atoms with E-state index >= 15 is 0 Å². The van der Waals surface area contributed by atoms with Gasteiger partial charge in [-0.25, -0.2) is 8.42 Å². The Kier molecular flexibility index (Phi) is 6.12. The largest absolute Gasteiger partial charge is 0.326 e. The van der Waals surface area contributed by atoms with Gasteiger partial charge in [-0.1, -0.05) is 18.2 Å². The molecule has 0 saturated carbocycles. The molecule has 8 heteroatoms. The van der Waals surface area contributed by atoms with Crippen molar-refractivity contribution >= 4 is 33.2 Å². The number of hydrogen-bond donors (Lipinski definition) is 2. The minimum Gasteiger partial charge on any atom is -0.326 e. The Labute approximate surface area is 153 Å². The number of likely N-dealkylation sites (N-methyl/N-ethyl adjacent to an activating group) is 1. The van der Waals surface area contributed by atoms with Gasteiger partial charge in [-0.15, -0.1) is 0 Å². The summed E-state index contributed by atoms with van der Waals surface area (Å²) in [4.78, 5) is 23.2. The highest BCUT2D eigenvalue weighted by Crippen LogP contribution is 2.18. The molecule has 0 aliphatic carbocycles. The van der Waals surface area contributed by atoms with Crippen LogP contribution in [0.1, 0.15) is 12.5 Å². The molecule has 0 radical (unpaired) electrons. The molecule has 2 aromatic rings. The highest BCUT2D eigenvalue weighted by atomic mass is 32.2. The van der Waals surface area contributed by atoms with E-state index in [4.69, 9.17) is 0 Å². The molecule has 0 atom stereocenters. The van der Waals surface area contributed by atoms with Crippen molar-refractivity contribution in [2.45, 2.75) is 18.7 Å². The molecule has 0 bridgehead atoms. The quantitative estimate of drug-likeness (QED) is 0.809. The summed E-state index contributed by atoms with van der Waals surface area (Å²) >= 11 is 0. The number of carbonyl (C=O) groups excluding carboxylic acids is 2. The van der Waals surface area contributed by atoms with Crippen molar-refractivity contribution in [3.8, 4) is 0 Å². The first kappa shape index (κ1) is 19.6. The summed E-state index contributed by atoms with van der Waals surface area (Å²) in [5, 5.41) is 5.27. The molecular weight excluding hydrogens is 354 g/mol. The zero-order chi connectivity index (χ0) is 19.3. The smallest absolute Gasteiger partial charge is 0.243 e. The van der Waals surface area contributed by atoms with Gasteiger partial charge in [-0.05, 0) is 42.8 Å². The second kappa shape index (κ2) is 8.11. The van der Waals surface area contributed by atoms with E-state index in [1.807, 2.05) is 19.1 Å². The van der Waals surface area contributed by atoms with E-state index < -0.39 is 15.9 Å². The summed E-state index contributed by atoms with van der Waals surface area (Å²) in [5.41, 5.74) is 2.03. The van der Waals surface area contributed by atoms with Crippen LogP contribution in [0.4, 0.5) is 11.4 Å². The van der Waals surface area contributed by atoms with E-state index in [1.54, 1.807) is 12.1 Å². The Morgan fingerprint density at radius 2 is 1.62 bits per heavy atom. The van der Waals surface area contributed by atoms with Crippen LogP contribution < -0.4 is 10.6 Å². The van der Waals surface area contributed by atoms with Crippen LogP contribution in [0.3, 0.4) is 0 Å². The maximum absolute atomic E-state index is 12.6. The molecule has 2 N–H and O–H groups in total. The Bertz CT molecular complexity index is 908. The average molecular weight is 375 g/mol. The first-order valence-electron chi connectivity index (χ1n) is 7.89. The Hall–Kier alpha value is -2.71. The number of para-hydroxylation sites is 1. The SMILES string of the molecule is CC(=O)Nc1ccc(S(=O)(=O)N(C)CC(=O)Nc2ccccc2C)cc1.